The topological polar surface area (TPSA) is 158 Å². The molecule has 2 aliphatic rings. The van der Waals surface area contributed by atoms with Crippen molar-refractivity contribution < 1.29 is 18.3 Å². The molecule has 4 rings (SSSR count). The lowest BCUT2D eigenvalue weighted by atomic mass is 9.97. The van der Waals surface area contributed by atoms with Gasteiger partial charge in [0, 0.05) is 63.4 Å². The smallest absolute Gasteiger partial charge is 0.244 e. The van der Waals surface area contributed by atoms with Crippen LogP contribution in [0.5, 0.6) is 0 Å². The Morgan fingerprint density at radius 1 is 1.14 bits per heavy atom. The Kier molecular flexibility index (Phi) is 6.94. The van der Waals surface area contributed by atoms with Crippen LogP contribution in [0.15, 0.2) is 35.6 Å². The summed E-state index contributed by atoms with van der Waals surface area (Å²) in [4.78, 5) is 29.6. The number of rotatable bonds is 6. The Morgan fingerprint density at radius 2 is 1.83 bits per heavy atom. The molecular weight excluding hydrogens is 484 g/mol. The fraction of sp³-hybridized carbons (Fsp3) is 0.565. The van der Waals surface area contributed by atoms with Gasteiger partial charge in [0.2, 0.25) is 21.9 Å². The molecule has 13 heteroatoms. The highest BCUT2D eigenvalue weighted by molar-refractivity contribution is 7.89. The molecule has 0 saturated carbocycles. The molecule has 1 amide bonds. The van der Waals surface area contributed by atoms with Crippen LogP contribution in [0.2, 0.25) is 0 Å². The number of nitrogens with two attached hydrogens (primary N) is 1. The van der Waals surface area contributed by atoms with Gasteiger partial charge in [-0.3, -0.25) is 9.69 Å². The number of carbonyl (C=O) groups is 1. The van der Waals surface area contributed by atoms with Crippen LogP contribution in [0.25, 0.3) is 0 Å². The van der Waals surface area contributed by atoms with Gasteiger partial charge in [-0.25, -0.2) is 23.4 Å². The minimum absolute atomic E-state index is 0.0701. The molecule has 4 heterocycles. The summed E-state index contributed by atoms with van der Waals surface area (Å²) in [5, 5.41) is 13.2. The molecule has 36 heavy (non-hydrogen) atoms. The molecule has 0 bridgehead atoms. The van der Waals surface area contributed by atoms with Gasteiger partial charge in [0.05, 0.1) is 17.2 Å². The molecule has 2 fully saturated rings. The number of sulfonamides is 1. The molecule has 2 aromatic heterocycles. The number of nitrogens with zero attached hydrogens (tertiary/aromatic N) is 6. The van der Waals surface area contributed by atoms with E-state index in [0.717, 1.165) is 0 Å². The van der Waals surface area contributed by atoms with Crippen molar-refractivity contribution in [2.45, 2.75) is 49.8 Å². The van der Waals surface area contributed by atoms with Crippen molar-refractivity contribution in [2.24, 2.45) is 0 Å². The number of aromatic nitrogens is 3. The van der Waals surface area contributed by atoms with Gasteiger partial charge in [-0.2, -0.15) is 4.31 Å². The average molecular weight is 519 g/mol. The van der Waals surface area contributed by atoms with Crippen molar-refractivity contribution in [1.82, 2.24) is 29.5 Å². The van der Waals surface area contributed by atoms with Crippen LogP contribution < -0.4 is 16.0 Å². The third-order valence-electron chi connectivity index (χ3n) is 6.89. The van der Waals surface area contributed by atoms with Gasteiger partial charge in [-0.15, -0.1) is 0 Å². The van der Waals surface area contributed by atoms with E-state index in [0.29, 0.717) is 37.7 Å². The summed E-state index contributed by atoms with van der Waals surface area (Å²) < 4.78 is 28.2. The van der Waals surface area contributed by atoms with Crippen LogP contribution in [0, 0.1) is 0 Å². The Balaban J connectivity index is 1.64. The maximum atomic E-state index is 13.4. The van der Waals surface area contributed by atoms with Crippen LogP contribution in [0.3, 0.4) is 0 Å². The van der Waals surface area contributed by atoms with Crippen molar-refractivity contribution in [3.63, 3.8) is 0 Å². The Labute approximate surface area is 211 Å². The summed E-state index contributed by atoms with van der Waals surface area (Å²) >= 11 is 0. The highest BCUT2D eigenvalue weighted by atomic mass is 32.2. The second kappa shape index (κ2) is 9.54. The number of hydrogen-bond acceptors (Lipinski definition) is 10. The summed E-state index contributed by atoms with van der Waals surface area (Å²) in [5.41, 5.74) is 4.38. The maximum absolute atomic E-state index is 13.4. The number of piperazine rings is 2. The van der Waals surface area contributed by atoms with E-state index in [-0.39, 0.29) is 35.8 Å². The Bertz CT molecular complexity index is 1200. The van der Waals surface area contributed by atoms with Crippen LogP contribution in [0.4, 0.5) is 11.8 Å². The summed E-state index contributed by atoms with van der Waals surface area (Å²) in [7, 11) is -3.81. The fourth-order valence-electron chi connectivity index (χ4n) is 4.46. The minimum atomic E-state index is -3.81. The van der Waals surface area contributed by atoms with Gasteiger partial charge in [0.25, 0.3) is 0 Å². The number of aliphatic hydroxyl groups is 1. The second-order valence-corrected chi connectivity index (χ2v) is 12.2. The molecule has 2 saturated heterocycles. The van der Waals surface area contributed by atoms with E-state index in [1.54, 1.807) is 26.2 Å². The first-order valence-electron chi connectivity index (χ1n) is 11.9. The Morgan fingerprint density at radius 3 is 2.44 bits per heavy atom. The molecule has 0 aromatic carbocycles. The van der Waals surface area contributed by atoms with Gasteiger partial charge in [0.15, 0.2) is 0 Å². The van der Waals surface area contributed by atoms with E-state index in [1.165, 1.54) is 22.6 Å². The SMILES string of the molecule is CC(C)(O)c1cnc(N2CCN(S(=O)(=O)c3ccc(N)nc3)C[C@@H]2CN2CCNC(=O)C2(C)C)nc1. The number of nitrogen functional groups attached to an aromatic ring is 1. The Hall–Kier alpha value is -2.87. The first-order valence-corrected chi connectivity index (χ1v) is 13.3. The molecule has 1 atom stereocenters. The molecule has 0 unspecified atom stereocenters. The lowest BCUT2D eigenvalue weighted by Crippen LogP contribution is -2.66. The molecular formula is C23H34N8O4S. The van der Waals surface area contributed by atoms with Crippen molar-refractivity contribution >= 4 is 27.7 Å². The van der Waals surface area contributed by atoms with Crippen molar-refractivity contribution in [2.75, 3.05) is 49.9 Å². The summed E-state index contributed by atoms with van der Waals surface area (Å²) in [5.74, 6) is 0.617. The summed E-state index contributed by atoms with van der Waals surface area (Å²) in [6.45, 7) is 9.39. The van der Waals surface area contributed by atoms with Crippen LogP contribution >= 0.6 is 0 Å². The van der Waals surface area contributed by atoms with E-state index in [2.05, 4.69) is 25.2 Å². The zero-order valence-electron chi connectivity index (χ0n) is 21.0. The minimum Gasteiger partial charge on any atom is -0.386 e. The monoisotopic (exact) mass is 518 g/mol. The van der Waals surface area contributed by atoms with Crippen molar-refractivity contribution in [3.05, 3.63) is 36.3 Å². The van der Waals surface area contributed by atoms with Gasteiger partial charge in [-0.1, -0.05) is 0 Å². The number of amides is 1. The highest BCUT2D eigenvalue weighted by Crippen LogP contribution is 2.27. The normalized spacial score (nSPS) is 21.9. The van der Waals surface area contributed by atoms with E-state index in [4.69, 9.17) is 5.73 Å². The molecule has 196 valence electrons. The predicted molar refractivity (Wildman–Crippen MR) is 134 cm³/mol. The standard InChI is InChI=1S/C23H34N8O4S/c1-22(2)20(32)25-7-8-29(22)14-17-15-30(36(34,35)18-5-6-19(24)26-13-18)9-10-31(17)21-27-11-16(12-28-21)23(3,4)33/h5-6,11-13,17,33H,7-10,14-15H2,1-4H3,(H2,24,26)(H,25,32)/t17-/m0/s1. The first kappa shape index (κ1) is 26.2. The largest absolute Gasteiger partial charge is 0.386 e. The van der Waals surface area contributed by atoms with Crippen molar-refractivity contribution in [1.29, 1.82) is 0 Å². The van der Waals surface area contributed by atoms with Gasteiger partial charge in [-0.05, 0) is 39.8 Å². The number of pyridine rings is 1. The van der Waals surface area contributed by atoms with Crippen molar-refractivity contribution in [3.8, 4) is 0 Å². The van der Waals surface area contributed by atoms with Crippen LogP contribution in [-0.2, 0) is 20.4 Å². The third-order valence-corrected chi connectivity index (χ3v) is 8.74. The van der Waals surface area contributed by atoms with Crippen LogP contribution in [0.1, 0.15) is 33.3 Å². The van der Waals surface area contributed by atoms with E-state index >= 15 is 0 Å². The zero-order chi connectivity index (χ0) is 26.3. The molecule has 12 nitrogen and oxygen atoms in total. The maximum Gasteiger partial charge on any atom is 0.244 e. The first-order chi connectivity index (χ1) is 16.8. The molecule has 2 aromatic rings. The van der Waals surface area contributed by atoms with Gasteiger partial charge in [0.1, 0.15) is 10.7 Å². The second-order valence-electron chi connectivity index (χ2n) is 10.2. The number of carbonyl (C=O) groups excluding carboxylic acids is 1. The number of anilines is 2. The van der Waals surface area contributed by atoms with Crippen LogP contribution in [-0.4, -0.2) is 94.4 Å². The van der Waals surface area contributed by atoms with Gasteiger partial charge < -0.3 is 21.1 Å². The lowest BCUT2D eigenvalue weighted by molar-refractivity contribution is -0.135. The predicted octanol–water partition coefficient (Wildman–Crippen LogP) is -0.229. The molecule has 4 N–H and O–H groups in total. The van der Waals surface area contributed by atoms with E-state index in [9.17, 15) is 18.3 Å². The lowest BCUT2D eigenvalue weighted by Gasteiger charge is -2.47. The number of nitrogens with one attached hydrogen (secondary N) is 1. The van der Waals surface area contributed by atoms with E-state index in [1.807, 2.05) is 18.7 Å². The van der Waals surface area contributed by atoms with Gasteiger partial charge >= 0.3 is 0 Å². The average Bonchev–Trinajstić information content (AvgIpc) is 2.82. The number of hydrogen-bond donors (Lipinski definition) is 3. The highest BCUT2D eigenvalue weighted by Gasteiger charge is 2.42. The molecule has 0 radical (unpaired) electrons. The summed E-state index contributed by atoms with van der Waals surface area (Å²) in [6.07, 6.45) is 4.43. The fourth-order valence-corrected chi connectivity index (χ4v) is 5.88. The molecule has 0 aliphatic carbocycles. The molecule has 2 aliphatic heterocycles. The summed E-state index contributed by atoms with van der Waals surface area (Å²) in [6, 6.07) is 2.59. The molecule has 0 spiro atoms. The quantitative estimate of drug-likeness (QED) is 0.466. The third kappa shape index (κ3) is 5.14. The van der Waals surface area contributed by atoms with E-state index < -0.39 is 21.2 Å². The zero-order valence-corrected chi connectivity index (χ0v) is 21.9.